The number of amides is 2. The van der Waals surface area contributed by atoms with E-state index in [1.165, 1.54) is 12.8 Å². The maximum Gasteiger partial charge on any atom is 0.404 e. The van der Waals surface area contributed by atoms with Crippen molar-refractivity contribution < 1.29 is 18.7 Å². The lowest BCUT2D eigenvalue weighted by molar-refractivity contribution is -0.0359. The molecule has 8 nitrogen and oxygen atoms in total. The number of nitrogens with two attached hydrogens (primary N) is 1. The zero-order chi connectivity index (χ0) is 28.8. The normalized spacial score (nSPS) is 24.1. The SMILES string of the molecule is Cc1c(-c2cc3ccc(Cl)nc3n2CC2CC2)oc2cc(C(=O)N3CC4CCC3(C(C)(C)C)[C@@H]4OC(N)=O)ccc12. The minimum absolute atomic E-state index is 0.0716. The number of halogens is 1. The Morgan fingerprint density at radius 3 is 2.66 bits per heavy atom. The number of aromatic nitrogens is 2. The van der Waals surface area contributed by atoms with Gasteiger partial charge < -0.3 is 24.4 Å². The molecule has 3 aliphatic rings. The third-order valence-corrected chi connectivity index (χ3v) is 9.96. The highest BCUT2D eigenvalue weighted by molar-refractivity contribution is 6.29. The van der Waals surface area contributed by atoms with E-state index in [4.69, 9.17) is 26.5 Å². The molecule has 3 aromatic heterocycles. The Labute approximate surface area is 243 Å². The van der Waals surface area contributed by atoms with Gasteiger partial charge in [0.2, 0.25) is 0 Å². The Bertz CT molecular complexity index is 1730. The number of piperidine rings is 1. The first-order valence-corrected chi connectivity index (χ1v) is 14.8. The van der Waals surface area contributed by atoms with Gasteiger partial charge in [-0.2, -0.15) is 0 Å². The number of carbonyl (C=O) groups is 2. The van der Waals surface area contributed by atoms with Crippen LogP contribution in [0.3, 0.4) is 0 Å². The van der Waals surface area contributed by atoms with Gasteiger partial charge in [0.15, 0.2) is 5.76 Å². The Hall–Kier alpha value is -3.52. The average Bonchev–Trinajstić information content (AvgIpc) is 3.33. The van der Waals surface area contributed by atoms with Crippen molar-refractivity contribution >= 4 is 45.6 Å². The van der Waals surface area contributed by atoms with Crippen molar-refractivity contribution in [3.8, 4) is 11.5 Å². The number of aryl methyl sites for hydroxylation is 1. The molecule has 4 heterocycles. The summed E-state index contributed by atoms with van der Waals surface area (Å²) in [6.45, 7) is 9.77. The van der Waals surface area contributed by atoms with E-state index in [9.17, 15) is 9.59 Å². The quantitative estimate of drug-likeness (QED) is 0.260. The van der Waals surface area contributed by atoms with E-state index in [0.29, 0.717) is 28.8 Å². The van der Waals surface area contributed by atoms with E-state index < -0.39 is 17.7 Å². The lowest BCUT2D eigenvalue weighted by atomic mass is 9.70. The molecule has 9 heteroatoms. The van der Waals surface area contributed by atoms with Gasteiger partial charge in [-0.25, -0.2) is 9.78 Å². The Morgan fingerprint density at radius 2 is 1.95 bits per heavy atom. The van der Waals surface area contributed by atoms with Crippen molar-refractivity contribution in [2.45, 2.75) is 71.6 Å². The number of pyridine rings is 1. The fourth-order valence-electron chi connectivity index (χ4n) is 7.55. The first-order valence-electron chi connectivity index (χ1n) is 14.5. The average molecular weight is 575 g/mol. The third-order valence-electron chi connectivity index (χ3n) is 9.75. The second kappa shape index (κ2) is 8.99. The summed E-state index contributed by atoms with van der Waals surface area (Å²) in [5.41, 5.74) is 8.59. The molecule has 1 aromatic carbocycles. The molecule has 1 aliphatic heterocycles. The molecule has 4 aromatic rings. The molecule has 3 fully saturated rings. The number of hydrogen-bond acceptors (Lipinski definition) is 5. The van der Waals surface area contributed by atoms with Crippen LogP contribution in [0.4, 0.5) is 4.79 Å². The molecule has 41 heavy (non-hydrogen) atoms. The van der Waals surface area contributed by atoms with Gasteiger partial charge in [-0.15, -0.1) is 0 Å². The van der Waals surface area contributed by atoms with E-state index in [1.54, 1.807) is 0 Å². The van der Waals surface area contributed by atoms with E-state index in [-0.39, 0.29) is 17.2 Å². The van der Waals surface area contributed by atoms with Gasteiger partial charge in [0, 0.05) is 40.9 Å². The van der Waals surface area contributed by atoms with Crippen LogP contribution in [0.2, 0.25) is 5.15 Å². The highest BCUT2D eigenvalue weighted by Crippen LogP contribution is 2.57. The maximum absolute atomic E-state index is 14.1. The van der Waals surface area contributed by atoms with Crippen molar-refractivity contribution in [2.24, 2.45) is 23.0 Å². The molecular weight excluding hydrogens is 540 g/mol. The summed E-state index contributed by atoms with van der Waals surface area (Å²) in [5, 5.41) is 2.45. The highest BCUT2D eigenvalue weighted by atomic mass is 35.5. The lowest BCUT2D eigenvalue weighted by Gasteiger charge is -2.49. The summed E-state index contributed by atoms with van der Waals surface area (Å²) in [5.74, 6) is 1.40. The van der Waals surface area contributed by atoms with E-state index in [1.807, 2.05) is 35.2 Å². The summed E-state index contributed by atoms with van der Waals surface area (Å²) in [6.07, 6.45) is 2.88. The van der Waals surface area contributed by atoms with Crippen LogP contribution in [0.5, 0.6) is 0 Å². The molecule has 214 valence electrons. The van der Waals surface area contributed by atoms with Gasteiger partial charge in [0.05, 0.1) is 11.2 Å². The first-order chi connectivity index (χ1) is 19.5. The molecule has 7 rings (SSSR count). The monoisotopic (exact) mass is 574 g/mol. The molecule has 2 saturated carbocycles. The number of hydrogen-bond donors (Lipinski definition) is 1. The van der Waals surface area contributed by atoms with Crippen LogP contribution in [0.1, 0.15) is 62.4 Å². The Balaban J connectivity index is 1.28. The molecular formula is C32H35ClN4O4. The molecule has 1 saturated heterocycles. The van der Waals surface area contributed by atoms with Crippen molar-refractivity contribution in [1.29, 1.82) is 0 Å². The molecule has 2 aliphatic carbocycles. The summed E-state index contributed by atoms with van der Waals surface area (Å²) in [4.78, 5) is 32.5. The molecule has 0 spiro atoms. The zero-order valence-electron chi connectivity index (χ0n) is 23.9. The fourth-order valence-corrected chi connectivity index (χ4v) is 7.69. The topological polar surface area (TPSA) is 104 Å². The predicted octanol–water partition coefficient (Wildman–Crippen LogP) is 6.94. The third kappa shape index (κ3) is 3.97. The van der Waals surface area contributed by atoms with Gasteiger partial charge in [-0.05, 0) is 74.3 Å². The van der Waals surface area contributed by atoms with Gasteiger partial charge >= 0.3 is 6.09 Å². The standard InChI is InChI=1S/C32H35ClN4O4/c1-17-22-9-7-20(29(38)37-16-21-11-12-32(37,31(2,3)4)27(21)41-30(34)39)14-24(22)40-26(17)23-13-19-8-10-25(33)35-28(19)36(23)15-18-5-6-18/h7-10,13-14,18,21,27H,5-6,11-12,15-16H2,1-4H3,(H2,34,39)/t21?,27-,32?/m1/s1. The van der Waals surface area contributed by atoms with Crippen LogP contribution in [0, 0.1) is 24.2 Å². The predicted molar refractivity (Wildman–Crippen MR) is 158 cm³/mol. The smallest absolute Gasteiger partial charge is 0.404 e. The van der Waals surface area contributed by atoms with Crippen LogP contribution in [0.25, 0.3) is 33.5 Å². The second-order valence-electron chi connectivity index (χ2n) is 13.1. The number of likely N-dealkylation sites (tertiary alicyclic amines) is 1. The minimum atomic E-state index is -0.790. The van der Waals surface area contributed by atoms with Crippen molar-refractivity contribution in [3.63, 3.8) is 0 Å². The Morgan fingerprint density at radius 1 is 1.17 bits per heavy atom. The first kappa shape index (κ1) is 26.4. The van der Waals surface area contributed by atoms with E-state index >= 15 is 0 Å². The van der Waals surface area contributed by atoms with Crippen molar-refractivity contribution in [2.75, 3.05) is 6.54 Å². The fraction of sp³-hybridized carbons (Fsp3) is 0.469. The largest absolute Gasteiger partial charge is 0.454 e. The van der Waals surface area contributed by atoms with Gasteiger partial charge in [0.1, 0.15) is 22.5 Å². The molecule has 2 amide bonds. The van der Waals surface area contributed by atoms with E-state index in [0.717, 1.165) is 52.8 Å². The number of rotatable bonds is 5. The number of primary amides is 1. The second-order valence-corrected chi connectivity index (χ2v) is 13.5. The molecule has 2 bridgehead atoms. The van der Waals surface area contributed by atoms with Gasteiger partial charge in [-0.3, -0.25) is 4.79 Å². The Kier molecular flexibility index (Phi) is 5.78. The summed E-state index contributed by atoms with van der Waals surface area (Å²) in [6, 6.07) is 11.6. The summed E-state index contributed by atoms with van der Waals surface area (Å²) < 4.78 is 14.4. The molecule has 2 unspecified atom stereocenters. The van der Waals surface area contributed by atoms with Crippen LogP contribution >= 0.6 is 11.6 Å². The lowest BCUT2D eigenvalue weighted by Crippen LogP contribution is -2.60. The van der Waals surface area contributed by atoms with Crippen LogP contribution in [-0.4, -0.2) is 44.6 Å². The molecule has 0 radical (unpaired) electrons. The van der Waals surface area contributed by atoms with Crippen LogP contribution in [-0.2, 0) is 11.3 Å². The molecule has 3 atom stereocenters. The van der Waals surface area contributed by atoms with Crippen LogP contribution < -0.4 is 5.73 Å². The number of ether oxygens (including phenoxy) is 1. The number of fused-ring (bicyclic) bond motifs is 4. The molecule has 2 N–H and O–H groups in total. The number of nitrogens with zero attached hydrogens (tertiary/aromatic N) is 3. The van der Waals surface area contributed by atoms with Crippen LogP contribution in [0.15, 0.2) is 40.8 Å². The summed E-state index contributed by atoms with van der Waals surface area (Å²) in [7, 11) is 0. The number of carbonyl (C=O) groups excluding carboxylic acids is 2. The van der Waals surface area contributed by atoms with Gasteiger partial charge in [-0.1, -0.05) is 38.4 Å². The zero-order valence-corrected chi connectivity index (χ0v) is 24.6. The minimum Gasteiger partial charge on any atom is -0.454 e. The van der Waals surface area contributed by atoms with Crippen molar-refractivity contribution in [3.05, 3.63) is 52.7 Å². The maximum atomic E-state index is 14.1. The number of furan rings is 1. The number of benzene rings is 1. The summed E-state index contributed by atoms with van der Waals surface area (Å²) >= 11 is 6.27. The van der Waals surface area contributed by atoms with Gasteiger partial charge in [0.25, 0.3) is 5.91 Å². The highest BCUT2D eigenvalue weighted by Gasteiger charge is 2.66. The van der Waals surface area contributed by atoms with E-state index in [2.05, 4.69) is 43.3 Å². The van der Waals surface area contributed by atoms with Crippen molar-refractivity contribution in [1.82, 2.24) is 14.5 Å².